The van der Waals surface area contributed by atoms with Crippen LogP contribution in [0.3, 0.4) is 0 Å². The van der Waals surface area contributed by atoms with Gasteiger partial charge >= 0.3 is 0 Å². The summed E-state index contributed by atoms with van der Waals surface area (Å²) in [7, 11) is 0. The van der Waals surface area contributed by atoms with E-state index in [-0.39, 0.29) is 0 Å². The van der Waals surface area contributed by atoms with E-state index in [1.165, 1.54) is 0 Å². The second-order valence-electron chi connectivity index (χ2n) is 3.14. The quantitative estimate of drug-likeness (QED) is 0.756. The van der Waals surface area contributed by atoms with Crippen molar-refractivity contribution in [3.8, 4) is 0 Å². The first kappa shape index (κ1) is 10.3. The summed E-state index contributed by atoms with van der Waals surface area (Å²) in [6.07, 6.45) is 1.61. The third-order valence-corrected chi connectivity index (χ3v) is 2.93. The van der Waals surface area contributed by atoms with Gasteiger partial charge in [0.25, 0.3) is 0 Å². The number of nitrogens with zero attached hydrogens (tertiary/aromatic N) is 2. The molecule has 0 unspecified atom stereocenters. The highest BCUT2D eigenvalue weighted by atomic mass is 32.1. The molecule has 15 heavy (non-hydrogen) atoms. The van der Waals surface area contributed by atoms with Crippen molar-refractivity contribution in [1.82, 2.24) is 15.3 Å². The molecule has 0 saturated carbocycles. The first-order valence-electron chi connectivity index (χ1n) is 5.04. The molecule has 0 aliphatic heterocycles. The Kier molecular flexibility index (Phi) is 3.47. The highest BCUT2D eigenvalue weighted by molar-refractivity contribution is 7.16. The number of anilines is 1. The molecule has 2 heterocycles. The molecule has 2 aromatic rings. The molecule has 80 valence electrons. The molecule has 2 aromatic heterocycles. The lowest BCUT2D eigenvalue weighted by molar-refractivity contribution is 0.738. The summed E-state index contributed by atoms with van der Waals surface area (Å²) in [6.45, 7) is 4.93. The summed E-state index contributed by atoms with van der Waals surface area (Å²) in [5, 5.41) is 9.71. The standard InChI is InChI=1S/C10H14N4S/c1-2-11-4-5-12-9-8-3-6-15-10(8)14-7-13-9/h3,6-7,11H,2,4-5H2,1H3,(H,12,13,14). The molecule has 0 spiro atoms. The van der Waals surface area contributed by atoms with E-state index in [2.05, 4.69) is 33.6 Å². The fraction of sp³-hybridized carbons (Fsp3) is 0.400. The van der Waals surface area contributed by atoms with Crippen LogP contribution in [-0.4, -0.2) is 29.6 Å². The molecule has 0 saturated heterocycles. The molecule has 0 amide bonds. The van der Waals surface area contributed by atoms with Gasteiger partial charge in [0.15, 0.2) is 0 Å². The van der Waals surface area contributed by atoms with Gasteiger partial charge in [-0.15, -0.1) is 11.3 Å². The molecule has 0 bridgehead atoms. The highest BCUT2D eigenvalue weighted by Gasteiger charge is 2.02. The van der Waals surface area contributed by atoms with Crippen molar-refractivity contribution in [2.24, 2.45) is 0 Å². The number of hydrogen-bond acceptors (Lipinski definition) is 5. The van der Waals surface area contributed by atoms with Gasteiger partial charge in [-0.05, 0) is 18.0 Å². The zero-order valence-corrected chi connectivity index (χ0v) is 9.47. The molecule has 2 rings (SSSR count). The largest absolute Gasteiger partial charge is 0.368 e. The maximum Gasteiger partial charge on any atom is 0.138 e. The molecule has 0 aliphatic carbocycles. The van der Waals surface area contributed by atoms with Crippen LogP contribution in [0.15, 0.2) is 17.8 Å². The maximum atomic E-state index is 4.23. The predicted molar refractivity (Wildman–Crippen MR) is 64.4 cm³/mol. The summed E-state index contributed by atoms with van der Waals surface area (Å²) in [6, 6.07) is 2.05. The van der Waals surface area contributed by atoms with Crippen molar-refractivity contribution in [3.05, 3.63) is 17.8 Å². The molecule has 0 atom stereocenters. The summed E-state index contributed by atoms with van der Waals surface area (Å²) in [5.74, 6) is 0.930. The van der Waals surface area contributed by atoms with E-state index >= 15 is 0 Å². The lowest BCUT2D eigenvalue weighted by Gasteiger charge is -2.06. The molecule has 0 aromatic carbocycles. The van der Waals surface area contributed by atoms with Gasteiger partial charge in [0, 0.05) is 13.1 Å². The van der Waals surface area contributed by atoms with Crippen molar-refractivity contribution in [3.63, 3.8) is 0 Å². The van der Waals surface area contributed by atoms with Crippen LogP contribution in [0.4, 0.5) is 5.82 Å². The van der Waals surface area contributed by atoms with E-state index in [0.29, 0.717) is 0 Å². The number of aromatic nitrogens is 2. The smallest absolute Gasteiger partial charge is 0.138 e. The third-order valence-electron chi connectivity index (χ3n) is 2.11. The van der Waals surface area contributed by atoms with Crippen molar-refractivity contribution in [2.45, 2.75) is 6.92 Å². The Bertz CT molecular complexity index is 426. The van der Waals surface area contributed by atoms with Gasteiger partial charge in [0.1, 0.15) is 17.0 Å². The van der Waals surface area contributed by atoms with Gasteiger partial charge < -0.3 is 10.6 Å². The Morgan fingerprint density at radius 2 is 2.27 bits per heavy atom. The van der Waals surface area contributed by atoms with Crippen molar-refractivity contribution < 1.29 is 0 Å². The first-order valence-corrected chi connectivity index (χ1v) is 5.92. The second kappa shape index (κ2) is 5.04. The van der Waals surface area contributed by atoms with Gasteiger partial charge in [-0.1, -0.05) is 6.92 Å². The number of fused-ring (bicyclic) bond motifs is 1. The van der Waals surface area contributed by atoms with E-state index in [1.54, 1.807) is 17.7 Å². The van der Waals surface area contributed by atoms with E-state index in [1.807, 2.05) is 5.38 Å². The minimum atomic E-state index is 0.885. The monoisotopic (exact) mass is 222 g/mol. The SMILES string of the molecule is CCNCCNc1ncnc2sccc12. The first-order chi connectivity index (χ1) is 7.42. The van der Waals surface area contributed by atoms with Gasteiger partial charge in [0.05, 0.1) is 5.39 Å². The molecule has 4 nitrogen and oxygen atoms in total. The van der Waals surface area contributed by atoms with E-state index in [0.717, 1.165) is 35.7 Å². The van der Waals surface area contributed by atoms with Crippen LogP contribution in [0.1, 0.15) is 6.92 Å². The normalized spacial score (nSPS) is 10.7. The zero-order valence-electron chi connectivity index (χ0n) is 8.66. The van der Waals surface area contributed by atoms with Crippen LogP contribution in [0.2, 0.25) is 0 Å². The third kappa shape index (κ3) is 2.43. The maximum absolute atomic E-state index is 4.23. The van der Waals surface area contributed by atoms with Crippen LogP contribution in [0, 0.1) is 0 Å². The van der Waals surface area contributed by atoms with Crippen LogP contribution in [0.25, 0.3) is 10.2 Å². The summed E-state index contributed by atoms with van der Waals surface area (Å²) in [4.78, 5) is 9.47. The molecule has 0 fully saturated rings. The van der Waals surface area contributed by atoms with Crippen molar-refractivity contribution in [2.75, 3.05) is 25.0 Å². The summed E-state index contributed by atoms with van der Waals surface area (Å²) < 4.78 is 0. The van der Waals surface area contributed by atoms with Gasteiger partial charge in [-0.2, -0.15) is 0 Å². The number of hydrogen-bond donors (Lipinski definition) is 2. The number of nitrogens with one attached hydrogen (secondary N) is 2. The molecular weight excluding hydrogens is 208 g/mol. The van der Waals surface area contributed by atoms with Crippen molar-refractivity contribution >= 4 is 27.4 Å². The van der Waals surface area contributed by atoms with E-state index in [9.17, 15) is 0 Å². The Morgan fingerprint density at radius 1 is 1.33 bits per heavy atom. The molecule has 5 heteroatoms. The fourth-order valence-corrected chi connectivity index (χ4v) is 2.11. The van der Waals surface area contributed by atoms with Crippen LogP contribution in [-0.2, 0) is 0 Å². The Hall–Kier alpha value is -1.20. The van der Waals surface area contributed by atoms with Crippen molar-refractivity contribution in [1.29, 1.82) is 0 Å². The fourth-order valence-electron chi connectivity index (χ4n) is 1.38. The molecule has 0 radical (unpaired) electrons. The number of rotatable bonds is 5. The topological polar surface area (TPSA) is 49.8 Å². The summed E-state index contributed by atoms with van der Waals surface area (Å²) in [5.41, 5.74) is 0. The molecule has 2 N–H and O–H groups in total. The van der Waals surface area contributed by atoms with Gasteiger partial charge in [-0.25, -0.2) is 9.97 Å². The predicted octanol–water partition coefficient (Wildman–Crippen LogP) is 1.71. The van der Waals surface area contributed by atoms with Gasteiger partial charge in [-0.3, -0.25) is 0 Å². The number of thiophene rings is 1. The minimum absolute atomic E-state index is 0.885. The molecular formula is C10H14N4S. The van der Waals surface area contributed by atoms with E-state index < -0.39 is 0 Å². The minimum Gasteiger partial charge on any atom is -0.368 e. The molecule has 0 aliphatic rings. The summed E-state index contributed by atoms with van der Waals surface area (Å²) >= 11 is 1.64. The van der Waals surface area contributed by atoms with Crippen LogP contribution >= 0.6 is 11.3 Å². The highest BCUT2D eigenvalue weighted by Crippen LogP contribution is 2.23. The van der Waals surface area contributed by atoms with Crippen LogP contribution < -0.4 is 10.6 Å². The Morgan fingerprint density at radius 3 is 3.13 bits per heavy atom. The lowest BCUT2D eigenvalue weighted by Crippen LogP contribution is -2.21. The van der Waals surface area contributed by atoms with E-state index in [4.69, 9.17) is 0 Å². The average molecular weight is 222 g/mol. The Balaban J connectivity index is 2.04. The van der Waals surface area contributed by atoms with Crippen LogP contribution in [0.5, 0.6) is 0 Å². The lowest BCUT2D eigenvalue weighted by atomic mass is 10.4. The average Bonchev–Trinajstić information content (AvgIpc) is 2.73. The second-order valence-corrected chi connectivity index (χ2v) is 4.04. The number of likely N-dealkylation sites (N-methyl/N-ethyl adjacent to an activating group) is 1. The Labute approximate surface area is 92.8 Å². The van der Waals surface area contributed by atoms with Gasteiger partial charge in [0.2, 0.25) is 0 Å². The zero-order chi connectivity index (χ0) is 10.5.